The highest BCUT2D eigenvalue weighted by Crippen LogP contribution is 2.29. The molecule has 0 saturated heterocycles. The summed E-state index contributed by atoms with van der Waals surface area (Å²) in [5, 5.41) is 0. The van der Waals surface area contributed by atoms with Gasteiger partial charge in [0.05, 0.1) is 17.1 Å². The van der Waals surface area contributed by atoms with Crippen LogP contribution in [0.4, 0.5) is 0 Å². The van der Waals surface area contributed by atoms with Crippen LogP contribution in [0.3, 0.4) is 0 Å². The summed E-state index contributed by atoms with van der Waals surface area (Å²) >= 11 is 3.52. The van der Waals surface area contributed by atoms with E-state index in [4.69, 9.17) is 10.5 Å². The van der Waals surface area contributed by atoms with Crippen molar-refractivity contribution in [2.45, 2.75) is 19.9 Å². The largest absolute Gasteiger partial charge is 0.493 e. The molecule has 0 fully saturated rings. The third kappa shape index (κ3) is 3.37. The molecule has 1 unspecified atom stereocenters. The van der Waals surface area contributed by atoms with E-state index in [1.165, 1.54) is 5.56 Å². The normalized spacial score (nSPS) is 12.2. The van der Waals surface area contributed by atoms with Gasteiger partial charge in [0, 0.05) is 0 Å². The molecule has 0 aromatic heterocycles. The number of benzene rings is 2. The van der Waals surface area contributed by atoms with E-state index in [1.54, 1.807) is 0 Å². The molecule has 2 nitrogen and oxygen atoms in total. The maximum absolute atomic E-state index is 6.30. The van der Waals surface area contributed by atoms with Crippen molar-refractivity contribution in [2.75, 3.05) is 6.61 Å². The fourth-order valence-corrected chi connectivity index (χ4v) is 2.46. The smallest absolute Gasteiger partial charge is 0.133 e. The number of halogens is 1. The topological polar surface area (TPSA) is 35.2 Å². The molecule has 0 heterocycles. The summed E-state index contributed by atoms with van der Waals surface area (Å²) < 4.78 is 6.44. The Hall–Kier alpha value is -1.32. The van der Waals surface area contributed by atoms with Gasteiger partial charge in [-0.15, -0.1) is 0 Å². The van der Waals surface area contributed by atoms with Gasteiger partial charge >= 0.3 is 0 Å². The lowest BCUT2D eigenvalue weighted by Gasteiger charge is -2.15. The zero-order valence-corrected chi connectivity index (χ0v) is 12.8. The van der Waals surface area contributed by atoms with Crippen LogP contribution in [-0.2, 0) is 0 Å². The van der Waals surface area contributed by atoms with E-state index in [-0.39, 0.29) is 6.04 Å². The number of hydrogen-bond acceptors (Lipinski definition) is 2. The van der Waals surface area contributed by atoms with Gasteiger partial charge in [-0.25, -0.2) is 0 Å². The molecule has 2 aromatic carbocycles. The molecule has 0 spiro atoms. The lowest BCUT2D eigenvalue weighted by atomic mass is 9.99. The fourth-order valence-electron chi connectivity index (χ4n) is 1.95. The van der Waals surface area contributed by atoms with Gasteiger partial charge in [-0.05, 0) is 53.0 Å². The van der Waals surface area contributed by atoms with Crippen molar-refractivity contribution in [3.63, 3.8) is 0 Å². The van der Waals surface area contributed by atoms with E-state index in [9.17, 15) is 0 Å². The first kappa shape index (κ1) is 14.1. The fraction of sp³-hybridized carbons (Fsp3) is 0.250. The minimum Gasteiger partial charge on any atom is -0.493 e. The molecule has 100 valence electrons. The second kappa shape index (κ2) is 6.22. The van der Waals surface area contributed by atoms with Gasteiger partial charge < -0.3 is 10.5 Å². The Labute approximate surface area is 122 Å². The van der Waals surface area contributed by atoms with Gasteiger partial charge in [0.25, 0.3) is 0 Å². The van der Waals surface area contributed by atoms with Crippen molar-refractivity contribution < 1.29 is 4.74 Å². The van der Waals surface area contributed by atoms with Crippen molar-refractivity contribution in [1.82, 2.24) is 0 Å². The molecule has 19 heavy (non-hydrogen) atoms. The van der Waals surface area contributed by atoms with Crippen LogP contribution >= 0.6 is 15.9 Å². The van der Waals surface area contributed by atoms with Gasteiger partial charge in [0.2, 0.25) is 0 Å². The first-order valence-corrected chi connectivity index (χ1v) is 7.15. The van der Waals surface area contributed by atoms with Crippen LogP contribution in [0.1, 0.15) is 29.7 Å². The second-order valence-corrected chi connectivity index (χ2v) is 5.37. The second-order valence-electron chi connectivity index (χ2n) is 4.51. The van der Waals surface area contributed by atoms with E-state index in [0.717, 1.165) is 21.3 Å². The molecule has 0 radical (unpaired) electrons. The average Bonchev–Trinajstić information content (AvgIpc) is 2.41. The van der Waals surface area contributed by atoms with Gasteiger partial charge in [0.15, 0.2) is 0 Å². The van der Waals surface area contributed by atoms with Crippen LogP contribution in [0, 0.1) is 6.92 Å². The number of ether oxygens (including phenoxy) is 1. The molecule has 1 atom stereocenters. The minimum absolute atomic E-state index is 0.118. The van der Waals surface area contributed by atoms with Gasteiger partial charge in [0.1, 0.15) is 5.75 Å². The van der Waals surface area contributed by atoms with E-state index in [2.05, 4.69) is 47.1 Å². The van der Waals surface area contributed by atoms with Crippen molar-refractivity contribution in [3.8, 4) is 5.75 Å². The maximum Gasteiger partial charge on any atom is 0.133 e. The third-order valence-electron chi connectivity index (χ3n) is 3.05. The molecule has 0 bridgehead atoms. The molecule has 3 heteroatoms. The highest BCUT2D eigenvalue weighted by Gasteiger charge is 2.11. The van der Waals surface area contributed by atoms with E-state index in [0.29, 0.717) is 6.61 Å². The van der Waals surface area contributed by atoms with Crippen molar-refractivity contribution in [1.29, 1.82) is 0 Å². The average molecular weight is 320 g/mol. The van der Waals surface area contributed by atoms with Gasteiger partial charge in [-0.2, -0.15) is 0 Å². The van der Waals surface area contributed by atoms with Crippen LogP contribution in [0.15, 0.2) is 46.9 Å². The quantitative estimate of drug-likeness (QED) is 0.916. The Bertz CT molecular complexity index is 551. The molecule has 0 amide bonds. The highest BCUT2D eigenvalue weighted by atomic mass is 79.9. The lowest BCUT2D eigenvalue weighted by Crippen LogP contribution is -2.11. The summed E-state index contributed by atoms with van der Waals surface area (Å²) in [5.41, 5.74) is 9.72. The minimum atomic E-state index is -0.118. The predicted molar refractivity (Wildman–Crippen MR) is 82.5 cm³/mol. The maximum atomic E-state index is 6.30. The summed E-state index contributed by atoms with van der Waals surface area (Å²) in [6.07, 6.45) is 0. The molecule has 0 saturated carbocycles. The van der Waals surface area contributed by atoms with Crippen LogP contribution in [-0.4, -0.2) is 6.61 Å². The number of hydrogen-bond donors (Lipinski definition) is 1. The third-order valence-corrected chi connectivity index (χ3v) is 3.67. The molecule has 2 N–H and O–H groups in total. The van der Waals surface area contributed by atoms with Crippen LogP contribution in [0.5, 0.6) is 5.75 Å². The number of aryl methyl sites for hydroxylation is 1. The van der Waals surface area contributed by atoms with E-state index in [1.807, 2.05) is 25.1 Å². The van der Waals surface area contributed by atoms with Gasteiger partial charge in [-0.1, -0.05) is 35.9 Å². The molecule has 0 aliphatic carbocycles. The first-order valence-electron chi connectivity index (χ1n) is 6.36. The SMILES string of the molecule is CCOc1ccc(C(N)c2ccc(C)cc2)cc1Br. The van der Waals surface area contributed by atoms with Crippen LogP contribution < -0.4 is 10.5 Å². The Morgan fingerprint density at radius 1 is 1.11 bits per heavy atom. The molecule has 2 aromatic rings. The summed E-state index contributed by atoms with van der Waals surface area (Å²) in [6.45, 7) is 4.70. The molecule has 0 aliphatic rings. The highest BCUT2D eigenvalue weighted by molar-refractivity contribution is 9.10. The van der Waals surface area contributed by atoms with Gasteiger partial charge in [-0.3, -0.25) is 0 Å². The Balaban J connectivity index is 2.26. The van der Waals surface area contributed by atoms with Crippen LogP contribution in [0.2, 0.25) is 0 Å². The van der Waals surface area contributed by atoms with E-state index >= 15 is 0 Å². The number of nitrogens with two attached hydrogens (primary N) is 1. The standard InChI is InChI=1S/C16H18BrNO/c1-3-19-15-9-8-13(10-14(15)17)16(18)12-6-4-11(2)5-7-12/h4-10,16H,3,18H2,1-2H3. The molecule has 0 aliphatic heterocycles. The van der Waals surface area contributed by atoms with E-state index < -0.39 is 0 Å². The van der Waals surface area contributed by atoms with Crippen molar-refractivity contribution in [2.24, 2.45) is 5.73 Å². The van der Waals surface area contributed by atoms with Crippen LogP contribution in [0.25, 0.3) is 0 Å². The molecule has 2 rings (SSSR count). The Morgan fingerprint density at radius 2 is 1.74 bits per heavy atom. The Kier molecular flexibility index (Phi) is 4.61. The monoisotopic (exact) mass is 319 g/mol. The zero-order valence-electron chi connectivity index (χ0n) is 11.2. The summed E-state index contributed by atoms with van der Waals surface area (Å²) in [4.78, 5) is 0. The molecular formula is C16H18BrNO. The summed E-state index contributed by atoms with van der Waals surface area (Å²) in [6, 6.07) is 14.2. The zero-order chi connectivity index (χ0) is 13.8. The summed E-state index contributed by atoms with van der Waals surface area (Å²) in [7, 11) is 0. The van der Waals surface area contributed by atoms with Crippen molar-refractivity contribution >= 4 is 15.9 Å². The lowest BCUT2D eigenvalue weighted by molar-refractivity contribution is 0.338. The Morgan fingerprint density at radius 3 is 2.32 bits per heavy atom. The molecular weight excluding hydrogens is 302 g/mol. The first-order chi connectivity index (χ1) is 9.11. The summed E-state index contributed by atoms with van der Waals surface area (Å²) in [5.74, 6) is 0.849. The van der Waals surface area contributed by atoms with Crippen molar-refractivity contribution in [3.05, 3.63) is 63.6 Å². The predicted octanol–water partition coefficient (Wildman–Crippen LogP) is 4.20. The number of rotatable bonds is 4.